The Balaban J connectivity index is 2.08. The lowest BCUT2D eigenvalue weighted by Gasteiger charge is -1.96. The van der Waals surface area contributed by atoms with Gasteiger partial charge in [0.25, 0.3) is 5.91 Å². The molecule has 1 amide bonds. The molecule has 0 aromatic carbocycles. The summed E-state index contributed by atoms with van der Waals surface area (Å²) in [6.07, 6.45) is 2.93. The lowest BCUT2D eigenvalue weighted by atomic mass is 10.4. The molecule has 2 rings (SSSR count). The summed E-state index contributed by atoms with van der Waals surface area (Å²) in [5, 5.41) is 2.52. The molecule has 2 heterocycles. The lowest BCUT2D eigenvalue weighted by molar-refractivity contribution is 0.0994. The quantitative estimate of drug-likeness (QED) is 0.764. The molecule has 2 aromatic heterocycles. The molecule has 2 aromatic rings. The molecule has 0 spiro atoms. The summed E-state index contributed by atoms with van der Waals surface area (Å²) in [4.78, 5) is 11.3. The molecular formula is C9H7NO3. The Morgan fingerprint density at radius 3 is 2.54 bits per heavy atom. The van der Waals surface area contributed by atoms with Gasteiger partial charge in [-0.2, -0.15) is 0 Å². The first kappa shape index (κ1) is 7.67. The first-order valence-corrected chi connectivity index (χ1v) is 3.74. The standard InChI is InChI=1S/C9H7NO3/c11-9(7-3-1-5-12-7)10-8-4-2-6-13-8/h1-6H,(H,10,11). The predicted octanol–water partition coefficient (Wildman–Crippen LogP) is 2.12. The van der Waals surface area contributed by atoms with Crippen molar-refractivity contribution in [1.82, 2.24) is 0 Å². The van der Waals surface area contributed by atoms with Gasteiger partial charge in [-0.15, -0.1) is 0 Å². The summed E-state index contributed by atoms with van der Waals surface area (Å²) in [5.74, 6) is 0.345. The third-order valence-electron chi connectivity index (χ3n) is 1.50. The highest BCUT2D eigenvalue weighted by Gasteiger charge is 2.08. The van der Waals surface area contributed by atoms with Gasteiger partial charge in [-0.3, -0.25) is 10.1 Å². The Morgan fingerprint density at radius 1 is 1.15 bits per heavy atom. The van der Waals surface area contributed by atoms with Gasteiger partial charge in [-0.1, -0.05) is 0 Å². The maximum absolute atomic E-state index is 11.3. The second-order valence-corrected chi connectivity index (χ2v) is 2.41. The molecule has 4 heteroatoms. The fourth-order valence-electron chi connectivity index (χ4n) is 0.931. The van der Waals surface area contributed by atoms with Crippen LogP contribution in [0.25, 0.3) is 0 Å². The van der Waals surface area contributed by atoms with Crippen LogP contribution in [0.5, 0.6) is 0 Å². The molecule has 0 atom stereocenters. The molecule has 0 saturated heterocycles. The first-order valence-electron chi connectivity index (χ1n) is 3.74. The average molecular weight is 177 g/mol. The van der Waals surface area contributed by atoms with Crippen LogP contribution in [0.3, 0.4) is 0 Å². The van der Waals surface area contributed by atoms with E-state index in [1.54, 1.807) is 24.3 Å². The van der Waals surface area contributed by atoms with Crippen LogP contribution in [0.2, 0.25) is 0 Å². The van der Waals surface area contributed by atoms with Crippen LogP contribution >= 0.6 is 0 Å². The molecule has 13 heavy (non-hydrogen) atoms. The number of carbonyl (C=O) groups excluding carboxylic acids is 1. The number of amides is 1. The van der Waals surface area contributed by atoms with E-state index in [4.69, 9.17) is 8.83 Å². The molecule has 4 nitrogen and oxygen atoms in total. The molecule has 66 valence electrons. The number of furan rings is 2. The van der Waals surface area contributed by atoms with Crippen LogP contribution in [0.15, 0.2) is 45.6 Å². The van der Waals surface area contributed by atoms with Crippen molar-refractivity contribution in [3.63, 3.8) is 0 Å². The zero-order chi connectivity index (χ0) is 9.10. The van der Waals surface area contributed by atoms with Gasteiger partial charge in [0.1, 0.15) is 0 Å². The second kappa shape index (κ2) is 3.18. The number of nitrogens with one attached hydrogen (secondary N) is 1. The van der Waals surface area contributed by atoms with E-state index in [1.165, 1.54) is 12.5 Å². The van der Waals surface area contributed by atoms with E-state index < -0.39 is 0 Å². The minimum absolute atomic E-state index is 0.261. The number of anilines is 1. The summed E-state index contributed by atoms with van der Waals surface area (Å²) in [6, 6.07) is 6.58. The third-order valence-corrected chi connectivity index (χ3v) is 1.50. The highest BCUT2D eigenvalue weighted by atomic mass is 16.4. The molecule has 0 fully saturated rings. The van der Waals surface area contributed by atoms with Gasteiger partial charge >= 0.3 is 0 Å². The molecule has 0 bridgehead atoms. The minimum atomic E-state index is -0.319. The van der Waals surface area contributed by atoms with Crippen molar-refractivity contribution in [2.24, 2.45) is 0 Å². The van der Waals surface area contributed by atoms with Crippen molar-refractivity contribution in [3.05, 3.63) is 42.6 Å². The fraction of sp³-hybridized carbons (Fsp3) is 0. The minimum Gasteiger partial charge on any atom is -0.459 e. The molecule has 0 unspecified atom stereocenters. The Hall–Kier alpha value is -1.97. The van der Waals surface area contributed by atoms with Gasteiger partial charge in [0.2, 0.25) is 0 Å². The van der Waals surface area contributed by atoms with Crippen LogP contribution in [0.1, 0.15) is 10.6 Å². The van der Waals surface area contributed by atoms with E-state index in [1.807, 2.05) is 0 Å². The van der Waals surface area contributed by atoms with Crippen molar-refractivity contribution in [3.8, 4) is 0 Å². The van der Waals surface area contributed by atoms with E-state index in [9.17, 15) is 4.79 Å². The molecular weight excluding hydrogens is 170 g/mol. The topological polar surface area (TPSA) is 55.4 Å². The van der Waals surface area contributed by atoms with Crippen molar-refractivity contribution in [2.45, 2.75) is 0 Å². The van der Waals surface area contributed by atoms with Gasteiger partial charge in [0.05, 0.1) is 12.5 Å². The maximum atomic E-state index is 11.3. The Bertz CT molecular complexity index is 375. The first-order chi connectivity index (χ1) is 6.36. The van der Waals surface area contributed by atoms with Crippen molar-refractivity contribution >= 4 is 11.8 Å². The normalized spacial score (nSPS) is 9.85. The van der Waals surface area contributed by atoms with Crippen molar-refractivity contribution < 1.29 is 13.6 Å². The van der Waals surface area contributed by atoms with Gasteiger partial charge in [0, 0.05) is 6.07 Å². The molecule has 0 aliphatic carbocycles. The zero-order valence-electron chi connectivity index (χ0n) is 6.69. The van der Waals surface area contributed by atoms with Gasteiger partial charge in [-0.05, 0) is 18.2 Å². The van der Waals surface area contributed by atoms with Crippen LogP contribution in [0.4, 0.5) is 5.88 Å². The van der Waals surface area contributed by atoms with Gasteiger partial charge < -0.3 is 8.83 Å². The predicted molar refractivity (Wildman–Crippen MR) is 45.4 cm³/mol. The number of hydrogen-bond donors (Lipinski definition) is 1. The van der Waals surface area contributed by atoms with E-state index in [0.717, 1.165) is 0 Å². The SMILES string of the molecule is O=C(Nc1ccco1)c1ccco1. The van der Waals surface area contributed by atoms with Crippen LogP contribution < -0.4 is 5.32 Å². The van der Waals surface area contributed by atoms with Gasteiger partial charge in [-0.25, -0.2) is 0 Å². The number of rotatable bonds is 2. The summed E-state index contributed by atoms with van der Waals surface area (Å²) in [7, 11) is 0. The third kappa shape index (κ3) is 1.61. The zero-order valence-corrected chi connectivity index (χ0v) is 6.69. The average Bonchev–Trinajstić information content (AvgIpc) is 2.74. The summed E-state index contributed by atoms with van der Waals surface area (Å²) in [6.45, 7) is 0. The second-order valence-electron chi connectivity index (χ2n) is 2.41. The van der Waals surface area contributed by atoms with Gasteiger partial charge in [0.15, 0.2) is 11.6 Å². The molecule has 1 N–H and O–H groups in total. The van der Waals surface area contributed by atoms with E-state index >= 15 is 0 Å². The Morgan fingerprint density at radius 2 is 1.92 bits per heavy atom. The van der Waals surface area contributed by atoms with E-state index in [0.29, 0.717) is 5.88 Å². The highest BCUT2D eigenvalue weighted by molar-refractivity contribution is 6.01. The monoisotopic (exact) mass is 177 g/mol. The van der Waals surface area contributed by atoms with E-state index in [-0.39, 0.29) is 11.7 Å². The highest BCUT2D eigenvalue weighted by Crippen LogP contribution is 2.09. The number of carbonyl (C=O) groups is 1. The fourth-order valence-corrected chi connectivity index (χ4v) is 0.931. The molecule has 0 aliphatic heterocycles. The summed E-state index contributed by atoms with van der Waals surface area (Å²) >= 11 is 0. The van der Waals surface area contributed by atoms with Crippen molar-refractivity contribution in [1.29, 1.82) is 0 Å². The number of hydrogen-bond acceptors (Lipinski definition) is 3. The van der Waals surface area contributed by atoms with Crippen LogP contribution in [-0.2, 0) is 0 Å². The summed E-state index contributed by atoms with van der Waals surface area (Å²) < 4.78 is 9.82. The van der Waals surface area contributed by atoms with E-state index in [2.05, 4.69) is 5.32 Å². The summed E-state index contributed by atoms with van der Waals surface area (Å²) in [5.41, 5.74) is 0. The van der Waals surface area contributed by atoms with Crippen LogP contribution in [-0.4, -0.2) is 5.91 Å². The van der Waals surface area contributed by atoms with Crippen LogP contribution in [0, 0.1) is 0 Å². The Kier molecular flexibility index (Phi) is 1.88. The lowest BCUT2D eigenvalue weighted by Crippen LogP contribution is -2.09. The molecule has 0 radical (unpaired) electrons. The molecule has 0 aliphatic rings. The maximum Gasteiger partial charge on any atom is 0.293 e. The Labute approximate surface area is 74.2 Å². The molecule has 0 saturated carbocycles. The smallest absolute Gasteiger partial charge is 0.293 e. The largest absolute Gasteiger partial charge is 0.459 e. The van der Waals surface area contributed by atoms with Crippen molar-refractivity contribution in [2.75, 3.05) is 5.32 Å².